The second-order valence-electron chi connectivity index (χ2n) is 5.58. The summed E-state index contributed by atoms with van der Waals surface area (Å²) in [5, 5.41) is 0. The number of benzene rings is 2. The fourth-order valence-corrected chi connectivity index (χ4v) is 2.58. The van der Waals surface area contributed by atoms with Gasteiger partial charge in [0.15, 0.2) is 0 Å². The van der Waals surface area contributed by atoms with Crippen LogP contribution in [-0.2, 0) is 12.8 Å². The molecular weight excluding hydrogens is 244 g/mol. The molecule has 0 aliphatic heterocycles. The minimum atomic E-state index is 0.317. The molecule has 2 heteroatoms. The number of nitrogens with one attached hydrogen (secondary N) is 1. The third kappa shape index (κ3) is 4.48. The molecule has 2 rings (SSSR count). The van der Waals surface area contributed by atoms with E-state index in [4.69, 9.17) is 5.84 Å². The number of aryl methyl sites for hydroxylation is 3. The molecule has 1 unspecified atom stereocenters. The molecule has 0 heterocycles. The largest absolute Gasteiger partial charge is 0.271 e. The van der Waals surface area contributed by atoms with E-state index in [1.54, 1.807) is 0 Å². The van der Waals surface area contributed by atoms with Crippen LogP contribution in [0.15, 0.2) is 48.5 Å². The van der Waals surface area contributed by atoms with Crippen molar-refractivity contribution in [1.29, 1.82) is 0 Å². The van der Waals surface area contributed by atoms with E-state index in [9.17, 15) is 0 Å². The third-order valence-corrected chi connectivity index (χ3v) is 3.66. The van der Waals surface area contributed by atoms with E-state index in [0.29, 0.717) is 6.04 Å². The minimum absolute atomic E-state index is 0.317. The lowest BCUT2D eigenvalue weighted by Gasteiger charge is -2.16. The third-order valence-electron chi connectivity index (χ3n) is 3.66. The number of nitrogens with two attached hydrogens (primary N) is 1. The van der Waals surface area contributed by atoms with E-state index in [-0.39, 0.29) is 0 Å². The average Bonchev–Trinajstić information content (AvgIpc) is 2.43. The van der Waals surface area contributed by atoms with E-state index in [0.717, 1.165) is 19.3 Å². The predicted molar refractivity (Wildman–Crippen MR) is 85.5 cm³/mol. The maximum atomic E-state index is 5.70. The minimum Gasteiger partial charge on any atom is -0.271 e. The first-order valence-corrected chi connectivity index (χ1v) is 7.24. The van der Waals surface area contributed by atoms with E-state index in [1.165, 1.54) is 22.3 Å². The van der Waals surface area contributed by atoms with E-state index < -0.39 is 0 Å². The summed E-state index contributed by atoms with van der Waals surface area (Å²) >= 11 is 0. The number of hydrogen-bond acceptors (Lipinski definition) is 2. The van der Waals surface area contributed by atoms with Gasteiger partial charge in [-0.3, -0.25) is 11.3 Å². The van der Waals surface area contributed by atoms with Crippen molar-refractivity contribution in [3.8, 4) is 0 Å². The van der Waals surface area contributed by atoms with Crippen LogP contribution < -0.4 is 11.3 Å². The first-order chi connectivity index (χ1) is 9.67. The van der Waals surface area contributed by atoms with Crippen LogP contribution in [-0.4, -0.2) is 6.04 Å². The lowest BCUT2D eigenvalue weighted by Crippen LogP contribution is -2.37. The lowest BCUT2D eigenvalue weighted by molar-refractivity contribution is 0.491. The van der Waals surface area contributed by atoms with Crippen LogP contribution in [0.4, 0.5) is 0 Å². The highest BCUT2D eigenvalue weighted by atomic mass is 15.2. The standard InChI is InChI=1S/C18H24N2/c1-14-5-3-7-16(11-14)9-10-18(20-19)13-17-8-4-6-15(2)12-17/h3-8,11-12,18,20H,9-10,13,19H2,1-2H3. The molecule has 1 atom stereocenters. The molecular formula is C18H24N2. The van der Waals surface area contributed by atoms with Gasteiger partial charge in [-0.2, -0.15) is 0 Å². The summed E-state index contributed by atoms with van der Waals surface area (Å²) in [7, 11) is 0. The number of hydrogen-bond donors (Lipinski definition) is 2. The smallest absolute Gasteiger partial charge is 0.0254 e. The van der Waals surface area contributed by atoms with Crippen molar-refractivity contribution in [3.63, 3.8) is 0 Å². The average molecular weight is 268 g/mol. The second kappa shape index (κ2) is 7.22. The second-order valence-corrected chi connectivity index (χ2v) is 5.58. The highest BCUT2D eigenvalue weighted by Crippen LogP contribution is 2.12. The van der Waals surface area contributed by atoms with Gasteiger partial charge in [0.05, 0.1) is 0 Å². The van der Waals surface area contributed by atoms with E-state index >= 15 is 0 Å². The molecule has 0 saturated heterocycles. The molecule has 2 nitrogen and oxygen atoms in total. The zero-order valence-electron chi connectivity index (χ0n) is 12.4. The van der Waals surface area contributed by atoms with Crippen molar-refractivity contribution in [1.82, 2.24) is 5.43 Å². The quantitative estimate of drug-likeness (QED) is 0.623. The molecule has 0 aliphatic carbocycles. The van der Waals surface area contributed by atoms with Crippen molar-refractivity contribution < 1.29 is 0 Å². The van der Waals surface area contributed by atoms with Gasteiger partial charge in [-0.05, 0) is 44.2 Å². The molecule has 3 N–H and O–H groups in total. The van der Waals surface area contributed by atoms with Crippen LogP contribution in [0.25, 0.3) is 0 Å². The zero-order valence-corrected chi connectivity index (χ0v) is 12.4. The monoisotopic (exact) mass is 268 g/mol. The predicted octanol–water partition coefficient (Wildman–Crippen LogP) is 3.31. The lowest BCUT2D eigenvalue weighted by atomic mass is 9.98. The Bertz CT molecular complexity index is 549. The van der Waals surface area contributed by atoms with Crippen LogP contribution >= 0.6 is 0 Å². The Kier molecular flexibility index (Phi) is 5.33. The Morgan fingerprint density at radius 3 is 2.15 bits per heavy atom. The summed E-state index contributed by atoms with van der Waals surface area (Å²) in [5.41, 5.74) is 8.30. The van der Waals surface area contributed by atoms with Gasteiger partial charge in [0.25, 0.3) is 0 Å². The molecule has 0 spiro atoms. The molecule has 0 saturated carbocycles. The summed E-state index contributed by atoms with van der Waals surface area (Å²) in [6, 6.07) is 17.6. The van der Waals surface area contributed by atoms with Crippen molar-refractivity contribution in [2.75, 3.05) is 0 Å². The van der Waals surface area contributed by atoms with E-state index in [1.807, 2.05) is 0 Å². The first-order valence-electron chi connectivity index (χ1n) is 7.24. The van der Waals surface area contributed by atoms with Crippen molar-refractivity contribution in [2.24, 2.45) is 5.84 Å². The fourth-order valence-electron chi connectivity index (χ4n) is 2.58. The van der Waals surface area contributed by atoms with Gasteiger partial charge >= 0.3 is 0 Å². The molecule has 0 radical (unpaired) electrons. The molecule has 0 amide bonds. The fraction of sp³-hybridized carbons (Fsp3) is 0.333. The van der Waals surface area contributed by atoms with Gasteiger partial charge < -0.3 is 0 Å². The van der Waals surface area contributed by atoms with Crippen LogP contribution in [0.3, 0.4) is 0 Å². The summed E-state index contributed by atoms with van der Waals surface area (Å²) in [6.45, 7) is 4.26. The van der Waals surface area contributed by atoms with Gasteiger partial charge in [0, 0.05) is 6.04 Å². The molecule has 106 valence electrons. The molecule has 20 heavy (non-hydrogen) atoms. The van der Waals surface area contributed by atoms with Crippen LogP contribution in [0, 0.1) is 13.8 Å². The van der Waals surface area contributed by atoms with Gasteiger partial charge in [0.1, 0.15) is 0 Å². The normalized spacial score (nSPS) is 12.3. The van der Waals surface area contributed by atoms with E-state index in [2.05, 4.69) is 67.8 Å². The topological polar surface area (TPSA) is 38.0 Å². The number of hydrazine groups is 1. The van der Waals surface area contributed by atoms with Crippen molar-refractivity contribution in [3.05, 3.63) is 70.8 Å². The van der Waals surface area contributed by atoms with Crippen molar-refractivity contribution in [2.45, 2.75) is 39.2 Å². The Hall–Kier alpha value is -1.64. The van der Waals surface area contributed by atoms with Crippen LogP contribution in [0.2, 0.25) is 0 Å². The summed E-state index contributed by atoms with van der Waals surface area (Å²) in [6.07, 6.45) is 3.08. The number of rotatable bonds is 6. The van der Waals surface area contributed by atoms with Crippen LogP contribution in [0.5, 0.6) is 0 Å². The highest BCUT2D eigenvalue weighted by Gasteiger charge is 2.08. The SMILES string of the molecule is Cc1cccc(CCC(Cc2cccc(C)c2)NN)c1. The molecule has 0 aliphatic rings. The van der Waals surface area contributed by atoms with Crippen LogP contribution in [0.1, 0.15) is 28.7 Å². The Labute approximate surface area is 122 Å². The van der Waals surface area contributed by atoms with Crippen molar-refractivity contribution >= 4 is 0 Å². The maximum Gasteiger partial charge on any atom is 0.0254 e. The zero-order chi connectivity index (χ0) is 14.4. The van der Waals surface area contributed by atoms with Gasteiger partial charge in [-0.1, -0.05) is 59.7 Å². The molecule has 0 fully saturated rings. The summed E-state index contributed by atoms with van der Waals surface area (Å²) in [4.78, 5) is 0. The van der Waals surface area contributed by atoms with Gasteiger partial charge in [0.2, 0.25) is 0 Å². The Balaban J connectivity index is 1.92. The molecule has 0 bridgehead atoms. The molecule has 2 aromatic rings. The first kappa shape index (κ1) is 14.8. The molecule has 2 aromatic carbocycles. The van der Waals surface area contributed by atoms with Gasteiger partial charge in [-0.15, -0.1) is 0 Å². The Morgan fingerprint density at radius 1 is 0.950 bits per heavy atom. The Morgan fingerprint density at radius 2 is 1.55 bits per heavy atom. The maximum absolute atomic E-state index is 5.70. The summed E-state index contributed by atoms with van der Waals surface area (Å²) in [5.74, 6) is 5.70. The van der Waals surface area contributed by atoms with Gasteiger partial charge in [-0.25, -0.2) is 0 Å². The molecule has 0 aromatic heterocycles. The summed E-state index contributed by atoms with van der Waals surface area (Å²) < 4.78 is 0. The highest BCUT2D eigenvalue weighted by molar-refractivity contribution is 5.24.